The number of methoxy groups -OCH3 is 1. The maximum Gasteiger partial charge on any atom is 0.228 e. The van der Waals surface area contributed by atoms with Gasteiger partial charge in [0.1, 0.15) is 16.8 Å². The van der Waals surface area contributed by atoms with Crippen LogP contribution >= 0.6 is 11.3 Å². The number of anilines is 1. The van der Waals surface area contributed by atoms with E-state index in [2.05, 4.69) is 16.4 Å². The van der Waals surface area contributed by atoms with Crippen LogP contribution < -0.4 is 10.1 Å². The molecule has 2 atom stereocenters. The number of nitrogens with one attached hydrogen (secondary N) is 1. The number of thiophene rings is 1. The van der Waals surface area contributed by atoms with Crippen LogP contribution in [0.3, 0.4) is 0 Å². The van der Waals surface area contributed by atoms with Crippen LogP contribution in [0.4, 0.5) is 5.00 Å². The summed E-state index contributed by atoms with van der Waals surface area (Å²) in [6, 6.07) is 14.0. The average molecular weight is 487 g/mol. The Balaban J connectivity index is 1.23. The van der Waals surface area contributed by atoms with Gasteiger partial charge in [-0.05, 0) is 66.1 Å². The Labute approximate surface area is 208 Å². The van der Waals surface area contributed by atoms with Crippen molar-refractivity contribution in [3.8, 4) is 11.8 Å². The van der Waals surface area contributed by atoms with E-state index in [1.165, 1.54) is 11.3 Å². The van der Waals surface area contributed by atoms with E-state index in [0.29, 0.717) is 42.9 Å². The summed E-state index contributed by atoms with van der Waals surface area (Å²) in [5.41, 5.74) is 3.69. The number of rotatable bonds is 7. The van der Waals surface area contributed by atoms with E-state index in [1.54, 1.807) is 19.5 Å². The van der Waals surface area contributed by atoms with Gasteiger partial charge in [0.15, 0.2) is 0 Å². The molecule has 1 aliphatic heterocycles. The molecule has 8 heteroatoms. The average Bonchev–Trinajstić information content (AvgIpc) is 3.63. The Morgan fingerprint density at radius 3 is 2.89 bits per heavy atom. The van der Waals surface area contributed by atoms with Crippen molar-refractivity contribution in [3.05, 3.63) is 75.9 Å². The minimum atomic E-state index is -0.112. The first-order valence-corrected chi connectivity index (χ1v) is 12.5. The second-order valence-corrected chi connectivity index (χ2v) is 10.1. The number of benzene rings is 1. The maximum atomic E-state index is 13.0. The minimum absolute atomic E-state index is 0.0572. The number of hydrogen-bond donors (Lipinski definition) is 1. The van der Waals surface area contributed by atoms with Crippen molar-refractivity contribution in [2.45, 2.75) is 38.1 Å². The van der Waals surface area contributed by atoms with E-state index in [0.717, 1.165) is 33.7 Å². The highest BCUT2D eigenvalue weighted by Gasteiger charge is 2.44. The van der Waals surface area contributed by atoms with Gasteiger partial charge in [0, 0.05) is 36.2 Å². The second-order valence-electron chi connectivity index (χ2n) is 8.96. The molecule has 2 unspecified atom stereocenters. The van der Waals surface area contributed by atoms with Crippen LogP contribution in [0, 0.1) is 17.2 Å². The predicted octanol–water partition coefficient (Wildman–Crippen LogP) is 4.28. The largest absolute Gasteiger partial charge is 0.497 e. The SMILES string of the molecule is COc1cccc(C2CC2C(=O)Nc2sc3c(c2C#N)CCN(C(=O)CCc2ccncc2)C3)c1. The van der Waals surface area contributed by atoms with Crippen molar-refractivity contribution in [1.29, 1.82) is 5.26 Å². The van der Waals surface area contributed by atoms with Crippen LogP contribution in [0.1, 0.15) is 45.9 Å². The fourth-order valence-electron chi connectivity index (χ4n) is 4.71. The Hall–Kier alpha value is -3.70. The summed E-state index contributed by atoms with van der Waals surface area (Å²) >= 11 is 1.42. The molecule has 1 fully saturated rings. The molecule has 1 N–H and O–H groups in total. The van der Waals surface area contributed by atoms with Crippen LogP contribution in [-0.2, 0) is 29.0 Å². The van der Waals surface area contributed by atoms with Crippen molar-refractivity contribution in [2.75, 3.05) is 19.0 Å². The van der Waals surface area contributed by atoms with E-state index in [9.17, 15) is 14.9 Å². The van der Waals surface area contributed by atoms with Gasteiger partial charge in [0.25, 0.3) is 0 Å². The zero-order chi connectivity index (χ0) is 24.4. The second kappa shape index (κ2) is 9.88. The van der Waals surface area contributed by atoms with Gasteiger partial charge >= 0.3 is 0 Å². The molecule has 7 nitrogen and oxygen atoms in total. The van der Waals surface area contributed by atoms with Crippen LogP contribution in [-0.4, -0.2) is 35.4 Å². The summed E-state index contributed by atoms with van der Waals surface area (Å²) in [5.74, 6) is 0.881. The Kier molecular flexibility index (Phi) is 6.51. The van der Waals surface area contributed by atoms with Gasteiger partial charge in [-0.15, -0.1) is 11.3 Å². The van der Waals surface area contributed by atoms with Crippen molar-refractivity contribution in [2.24, 2.45) is 5.92 Å². The summed E-state index contributed by atoms with van der Waals surface area (Å²) in [6.07, 6.45) is 5.99. The van der Waals surface area contributed by atoms with E-state index in [-0.39, 0.29) is 23.7 Å². The van der Waals surface area contributed by atoms with E-state index < -0.39 is 0 Å². The summed E-state index contributed by atoms with van der Waals surface area (Å²) in [4.78, 5) is 32.6. The molecule has 0 saturated heterocycles. The molecule has 2 amide bonds. The molecule has 35 heavy (non-hydrogen) atoms. The van der Waals surface area contributed by atoms with Crippen molar-refractivity contribution in [3.63, 3.8) is 0 Å². The highest BCUT2D eigenvalue weighted by atomic mass is 32.1. The number of aryl methyl sites for hydroxylation is 1. The minimum Gasteiger partial charge on any atom is -0.497 e. The lowest BCUT2D eigenvalue weighted by Crippen LogP contribution is -2.35. The van der Waals surface area contributed by atoms with Gasteiger partial charge in [0.05, 0.1) is 19.2 Å². The fraction of sp³-hybridized carbons (Fsp3) is 0.333. The zero-order valence-corrected chi connectivity index (χ0v) is 20.3. The van der Waals surface area contributed by atoms with Crippen molar-refractivity contribution >= 4 is 28.2 Å². The number of carbonyl (C=O) groups is 2. The smallest absolute Gasteiger partial charge is 0.228 e. The molecule has 0 bridgehead atoms. The quantitative estimate of drug-likeness (QED) is 0.538. The van der Waals surface area contributed by atoms with Crippen LogP contribution in [0.25, 0.3) is 0 Å². The number of carbonyl (C=O) groups excluding carboxylic acids is 2. The number of amides is 2. The Bertz CT molecular complexity index is 1300. The maximum absolute atomic E-state index is 13.0. The molecule has 1 saturated carbocycles. The molecule has 178 valence electrons. The molecule has 0 radical (unpaired) electrons. The standard InChI is InChI=1S/C27H26N4O3S/c1-34-19-4-2-3-18(13-19)21-14-22(21)26(33)30-27-23(15-28)20-9-12-31(16-24(20)35-27)25(32)6-5-17-7-10-29-11-8-17/h2-4,7-8,10-11,13,21-22H,5-6,9,12,14,16H2,1H3,(H,30,33). The molecule has 3 aromatic rings. The van der Waals surface area contributed by atoms with Crippen LogP contribution in [0.2, 0.25) is 0 Å². The molecule has 2 aromatic heterocycles. The number of pyridine rings is 1. The van der Waals surface area contributed by atoms with Gasteiger partial charge in [0.2, 0.25) is 11.8 Å². The normalized spacial score (nSPS) is 18.3. The van der Waals surface area contributed by atoms with Gasteiger partial charge in [-0.1, -0.05) is 12.1 Å². The highest BCUT2D eigenvalue weighted by Crippen LogP contribution is 2.49. The van der Waals surface area contributed by atoms with E-state index >= 15 is 0 Å². The van der Waals surface area contributed by atoms with Crippen molar-refractivity contribution < 1.29 is 14.3 Å². The molecular weight excluding hydrogens is 460 g/mol. The number of nitrogens with zero attached hydrogens (tertiary/aromatic N) is 3. The summed E-state index contributed by atoms with van der Waals surface area (Å²) in [6.45, 7) is 1.07. The molecular formula is C27H26N4O3S. The zero-order valence-electron chi connectivity index (χ0n) is 19.5. The third kappa shape index (κ3) is 4.91. The van der Waals surface area contributed by atoms with E-state index in [1.807, 2.05) is 41.3 Å². The van der Waals surface area contributed by atoms with Gasteiger partial charge in [-0.25, -0.2) is 0 Å². The number of fused-ring (bicyclic) bond motifs is 1. The number of nitriles is 1. The Morgan fingerprint density at radius 1 is 1.29 bits per heavy atom. The van der Waals surface area contributed by atoms with Crippen LogP contribution in [0.5, 0.6) is 5.75 Å². The summed E-state index contributed by atoms with van der Waals surface area (Å²) in [7, 11) is 1.63. The first-order valence-electron chi connectivity index (χ1n) is 11.7. The predicted molar refractivity (Wildman–Crippen MR) is 133 cm³/mol. The van der Waals surface area contributed by atoms with Crippen LogP contribution in [0.15, 0.2) is 48.8 Å². The Morgan fingerprint density at radius 2 is 2.11 bits per heavy atom. The first kappa shape index (κ1) is 23.1. The van der Waals surface area contributed by atoms with Gasteiger partial charge in [-0.2, -0.15) is 5.26 Å². The number of ether oxygens (including phenoxy) is 1. The first-order chi connectivity index (χ1) is 17.1. The summed E-state index contributed by atoms with van der Waals surface area (Å²) < 4.78 is 5.30. The number of hydrogen-bond acceptors (Lipinski definition) is 6. The van der Waals surface area contributed by atoms with E-state index in [4.69, 9.17) is 4.74 Å². The molecule has 3 heterocycles. The summed E-state index contributed by atoms with van der Waals surface area (Å²) in [5, 5.41) is 13.4. The van der Waals surface area contributed by atoms with Gasteiger partial charge in [-0.3, -0.25) is 14.6 Å². The fourth-order valence-corrected chi connectivity index (χ4v) is 5.93. The lowest BCUT2D eigenvalue weighted by atomic mass is 10.0. The third-order valence-electron chi connectivity index (χ3n) is 6.78. The lowest BCUT2D eigenvalue weighted by Gasteiger charge is -2.27. The topological polar surface area (TPSA) is 95.3 Å². The molecule has 1 aromatic carbocycles. The molecule has 0 spiro atoms. The lowest BCUT2D eigenvalue weighted by molar-refractivity contribution is -0.132. The highest BCUT2D eigenvalue weighted by molar-refractivity contribution is 7.16. The van der Waals surface area contributed by atoms with Crippen molar-refractivity contribution in [1.82, 2.24) is 9.88 Å². The molecule has 2 aliphatic rings. The molecule has 5 rings (SSSR count). The third-order valence-corrected chi connectivity index (χ3v) is 7.92. The number of aromatic nitrogens is 1. The van der Waals surface area contributed by atoms with Gasteiger partial charge < -0.3 is 15.0 Å². The molecule has 1 aliphatic carbocycles. The monoisotopic (exact) mass is 486 g/mol.